The summed E-state index contributed by atoms with van der Waals surface area (Å²) < 4.78 is 10.7. The van der Waals surface area contributed by atoms with E-state index >= 15 is 0 Å². The van der Waals surface area contributed by atoms with Crippen LogP contribution in [0, 0.1) is 0 Å². The Hall–Kier alpha value is 0.175. The third kappa shape index (κ3) is 2.82. The fourth-order valence-corrected chi connectivity index (χ4v) is 0. The highest BCUT2D eigenvalue weighted by atomic mass is 32.2. The first-order chi connectivity index (χ1) is 2.94. The van der Waals surface area contributed by atoms with E-state index in [0.717, 1.165) is 0 Å². The zero-order valence-electron chi connectivity index (χ0n) is 5.01. The molecule has 0 aliphatic rings. The van der Waals surface area contributed by atoms with Gasteiger partial charge in [-0.15, -0.1) is 0 Å². The number of thiol groups is 1. The SMILES string of the molecule is B[SH](N)(=O)C(C)C. The van der Waals surface area contributed by atoms with Gasteiger partial charge in [0.1, 0.15) is 0 Å². The van der Waals surface area contributed by atoms with E-state index in [9.17, 15) is 4.21 Å². The third-order valence-corrected chi connectivity index (χ3v) is 3.08. The van der Waals surface area contributed by atoms with Gasteiger partial charge < -0.3 is 0 Å². The van der Waals surface area contributed by atoms with Crippen molar-refractivity contribution in [3.63, 3.8) is 0 Å². The summed E-state index contributed by atoms with van der Waals surface area (Å²) in [4.78, 5) is 0. The number of rotatable bonds is 1. The molecule has 0 aliphatic carbocycles. The maximum atomic E-state index is 10.7. The fourth-order valence-electron chi connectivity index (χ4n) is 0. The molecule has 0 aliphatic heterocycles. The Morgan fingerprint density at radius 1 is 1.71 bits per heavy atom. The lowest BCUT2D eigenvalue weighted by Gasteiger charge is -2.15. The average molecular weight is 121 g/mol. The molecule has 0 saturated carbocycles. The topological polar surface area (TPSA) is 43.1 Å². The Labute approximate surface area is 46.3 Å². The second-order valence-electron chi connectivity index (χ2n) is 2.15. The monoisotopic (exact) mass is 121 g/mol. The van der Waals surface area contributed by atoms with E-state index in [-0.39, 0.29) is 5.25 Å². The van der Waals surface area contributed by atoms with Gasteiger partial charge in [-0.25, -0.2) is 0 Å². The van der Waals surface area contributed by atoms with Crippen LogP contribution < -0.4 is 5.14 Å². The second-order valence-corrected chi connectivity index (χ2v) is 5.30. The molecule has 0 amide bonds. The van der Waals surface area contributed by atoms with Gasteiger partial charge in [0.15, 0.2) is 0 Å². The van der Waals surface area contributed by atoms with Gasteiger partial charge in [-0.2, -0.15) is 0 Å². The molecule has 4 heteroatoms. The molecule has 0 heterocycles. The van der Waals surface area contributed by atoms with E-state index in [2.05, 4.69) is 0 Å². The molecule has 0 aromatic rings. The van der Waals surface area contributed by atoms with Crippen LogP contribution in [0.25, 0.3) is 0 Å². The van der Waals surface area contributed by atoms with Gasteiger partial charge in [-0.3, -0.25) is 9.35 Å². The van der Waals surface area contributed by atoms with Crippen molar-refractivity contribution in [3.8, 4) is 0 Å². The highest BCUT2D eigenvalue weighted by Crippen LogP contribution is 1.95. The minimum atomic E-state index is -2.24. The zero-order valence-corrected chi connectivity index (χ0v) is 5.90. The minimum absolute atomic E-state index is 0.132. The molecule has 2 N–H and O–H groups in total. The van der Waals surface area contributed by atoms with Crippen LogP contribution >= 0.6 is 0 Å². The second kappa shape index (κ2) is 1.96. The van der Waals surface area contributed by atoms with Crippen molar-refractivity contribution >= 4 is 17.1 Å². The minimum Gasteiger partial charge on any atom is -0.282 e. The van der Waals surface area contributed by atoms with Gasteiger partial charge in [0.25, 0.3) is 0 Å². The average Bonchev–Trinajstić information content (AvgIpc) is 1.31. The van der Waals surface area contributed by atoms with E-state index in [1.165, 1.54) is 0 Å². The normalized spacial score (nSPS) is 14.9. The van der Waals surface area contributed by atoms with E-state index in [0.29, 0.717) is 0 Å². The predicted octanol–water partition coefficient (Wildman–Crippen LogP) is -1.17. The van der Waals surface area contributed by atoms with E-state index < -0.39 is 9.97 Å². The molecule has 0 aromatic carbocycles. The molecule has 0 saturated heterocycles. The molecule has 0 radical (unpaired) electrons. The summed E-state index contributed by atoms with van der Waals surface area (Å²) in [7, 11) is -0.643. The lowest BCUT2D eigenvalue weighted by molar-refractivity contribution is 0.674. The first kappa shape index (κ1) is 7.17. The molecule has 0 atom stereocenters. The number of nitrogens with two attached hydrogens (primary N) is 1. The Balaban J connectivity index is 3.80. The maximum absolute atomic E-state index is 10.7. The van der Waals surface area contributed by atoms with Crippen molar-refractivity contribution in [2.24, 2.45) is 5.14 Å². The molecule has 44 valence electrons. The highest BCUT2D eigenvalue weighted by Gasteiger charge is 2.04. The molecule has 7 heavy (non-hydrogen) atoms. The smallest absolute Gasteiger partial charge is 0.204 e. The van der Waals surface area contributed by atoms with Gasteiger partial charge >= 0.3 is 0 Å². The number of hydrogen-bond acceptors (Lipinski definition) is 1. The molecule has 0 unspecified atom stereocenters. The van der Waals surface area contributed by atoms with E-state index in [1.807, 2.05) is 13.8 Å². The lowest BCUT2D eigenvalue weighted by Crippen LogP contribution is -2.31. The summed E-state index contributed by atoms with van der Waals surface area (Å²) in [6.07, 6.45) is 0. The third-order valence-electron chi connectivity index (χ3n) is 1.03. The molecular weight excluding hydrogens is 109 g/mol. The Morgan fingerprint density at radius 3 is 1.86 bits per heavy atom. The van der Waals surface area contributed by atoms with Crippen LogP contribution in [0.2, 0.25) is 0 Å². The standard InChI is InChI=1S/C3H12BNOS/c1-3(2)7(4,5)6/h3,7H,4H2,1-2H3,(H2,5,6). The lowest BCUT2D eigenvalue weighted by atomic mass is 10.6. The Kier molecular flexibility index (Phi) is 2.01. The summed E-state index contributed by atoms with van der Waals surface area (Å²) in [5.41, 5.74) is 0. The molecule has 2 nitrogen and oxygen atoms in total. The fraction of sp³-hybridized carbons (Fsp3) is 1.00. The van der Waals surface area contributed by atoms with Gasteiger partial charge in [0.05, 0.1) is 0 Å². The summed E-state index contributed by atoms with van der Waals surface area (Å²) >= 11 is 0. The van der Waals surface area contributed by atoms with Gasteiger partial charge in [-0.05, 0) is 0 Å². The maximum Gasteiger partial charge on any atom is 0.204 e. The van der Waals surface area contributed by atoms with Gasteiger partial charge in [0, 0.05) is 5.25 Å². The van der Waals surface area contributed by atoms with Gasteiger partial charge in [0.2, 0.25) is 7.12 Å². The van der Waals surface area contributed by atoms with Crippen molar-refractivity contribution in [2.75, 3.05) is 0 Å². The number of hydrogen-bond donors (Lipinski definition) is 2. The van der Waals surface area contributed by atoms with Gasteiger partial charge in [-0.1, -0.05) is 23.8 Å². The molecule has 0 spiro atoms. The first-order valence-corrected chi connectivity index (χ1v) is 4.59. The van der Waals surface area contributed by atoms with Crippen molar-refractivity contribution in [1.82, 2.24) is 0 Å². The largest absolute Gasteiger partial charge is 0.282 e. The van der Waals surface area contributed by atoms with Crippen molar-refractivity contribution in [1.29, 1.82) is 0 Å². The summed E-state index contributed by atoms with van der Waals surface area (Å²) in [6, 6.07) is 0. The van der Waals surface area contributed by atoms with Crippen LogP contribution in [0.3, 0.4) is 0 Å². The van der Waals surface area contributed by atoms with Crippen LogP contribution in [-0.2, 0) is 9.97 Å². The van der Waals surface area contributed by atoms with Crippen molar-refractivity contribution in [3.05, 3.63) is 0 Å². The van der Waals surface area contributed by atoms with Crippen LogP contribution in [0.15, 0.2) is 0 Å². The summed E-state index contributed by atoms with van der Waals surface area (Å²) in [6.45, 7) is 3.72. The van der Waals surface area contributed by atoms with Crippen LogP contribution in [-0.4, -0.2) is 16.6 Å². The molecule has 0 rings (SSSR count). The van der Waals surface area contributed by atoms with Crippen LogP contribution in [0.1, 0.15) is 13.8 Å². The van der Waals surface area contributed by atoms with Crippen LogP contribution in [0.4, 0.5) is 0 Å². The predicted molar refractivity (Wildman–Crippen MR) is 37.4 cm³/mol. The zero-order chi connectivity index (χ0) is 6.08. The first-order valence-electron chi connectivity index (χ1n) is 2.30. The molecule has 0 bridgehead atoms. The quantitative estimate of drug-likeness (QED) is 0.333. The van der Waals surface area contributed by atoms with E-state index in [4.69, 9.17) is 5.14 Å². The molecule has 0 fully saturated rings. The van der Waals surface area contributed by atoms with Crippen LogP contribution in [0.5, 0.6) is 0 Å². The summed E-state index contributed by atoms with van der Waals surface area (Å²) in [5.74, 6) is 0. The summed E-state index contributed by atoms with van der Waals surface area (Å²) in [5, 5.41) is 5.37. The van der Waals surface area contributed by atoms with Crippen molar-refractivity contribution < 1.29 is 4.21 Å². The molecule has 0 aromatic heterocycles. The van der Waals surface area contributed by atoms with Crippen molar-refractivity contribution in [2.45, 2.75) is 19.1 Å². The molecular formula is C3H12BNOS. The Morgan fingerprint density at radius 2 is 1.86 bits per heavy atom. The van der Waals surface area contributed by atoms with E-state index in [1.54, 1.807) is 7.12 Å². The Bertz CT molecular complexity index is 97.1. The highest BCUT2D eigenvalue weighted by molar-refractivity contribution is 8.20.